The molecule has 0 aliphatic heterocycles. The summed E-state index contributed by atoms with van der Waals surface area (Å²) in [7, 11) is -1.02. The maximum absolute atomic E-state index is 4.18. The molecule has 13 heavy (non-hydrogen) atoms. The lowest BCUT2D eigenvalue weighted by molar-refractivity contribution is 0.679. The third-order valence-corrected chi connectivity index (χ3v) is 7.58. The molecule has 0 bridgehead atoms. The highest BCUT2D eigenvalue weighted by Gasteiger charge is 2.55. The predicted octanol–water partition coefficient (Wildman–Crippen LogP) is 4.59. The molecule has 2 heteroatoms. The van der Waals surface area contributed by atoms with Gasteiger partial charge in [-0.2, -0.15) is 0 Å². The minimum atomic E-state index is -1.02. The Morgan fingerprint density at radius 3 is 2.23 bits per heavy atom. The molecule has 1 rings (SSSR count). The lowest BCUT2D eigenvalue weighted by atomic mass is 10.2. The van der Waals surface area contributed by atoms with Gasteiger partial charge in [-0.1, -0.05) is 54.6 Å². The van der Waals surface area contributed by atoms with Crippen LogP contribution in [0.3, 0.4) is 0 Å². The van der Waals surface area contributed by atoms with E-state index < -0.39 is 8.07 Å². The van der Waals surface area contributed by atoms with Crippen molar-refractivity contribution in [2.45, 2.75) is 55.7 Å². The van der Waals surface area contributed by atoms with E-state index in [-0.39, 0.29) is 0 Å². The lowest BCUT2D eigenvalue weighted by Gasteiger charge is -2.29. The molecule has 0 amide bonds. The molecule has 0 heterocycles. The minimum absolute atomic E-state index is 0.592. The molecule has 0 aromatic rings. The average molecular weight is 261 g/mol. The molecule has 0 radical (unpaired) electrons. The largest absolute Gasteiger partial charge is 0.0996 e. The molecule has 0 saturated heterocycles. The molecule has 0 aromatic heterocycles. The highest BCUT2D eigenvalue weighted by atomic mass is 79.9. The first-order valence-corrected chi connectivity index (χ1v) is 9.53. The van der Waals surface area contributed by atoms with Gasteiger partial charge in [0.15, 0.2) is 0 Å². The number of hydrogen-bond donors (Lipinski definition) is 0. The van der Waals surface area contributed by atoms with Crippen molar-refractivity contribution >= 4 is 24.0 Å². The predicted molar refractivity (Wildman–Crippen MR) is 67.4 cm³/mol. The van der Waals surface area contributed by atoms with E-state index in [0.717, 1.165) is 0 Å². The molecule has 76 valence electrons. The highest BCUT2D eigenvalue weighted by molar-refractivity contribution is 9.09. The van der Waals surface area contributed by atoms with Crippen LogP contribution in [0.2, 0.25) is 24.7 Å². The van der Waals surface area contributed by atoms with Crippen LogP contribution in [0.5, 0.6) is 0 Å². The van der Waals surface area contributed by atoms with Gasteiger partial charge in [0.05, 0.1) is 8.07 Å². The van der Waals surface area contributed by atoms with Gasteiger partial charge >= 0.3 is 0 Å². The molecule has 1 aliphatic carbocycles. The first kappa shape index (κ1) is 11.5. The van der Waals surface area contributed by atoms with Crippen LogP contribution in [0, 0.1) is 0 Å². The summed E-state index contributed by atoms with van der Waals surface area (Å²) in [5, 5.41) is 0.592. The van der Waals surface area contributed by atoms with E-state index in [9.17, 15) is 0 Å². The van der Waals surface area contributed by atoms with Crippen LogP contribution >= 0.6 is 15.9 Å². The second-order valence-corrected chi connectivity index (χ2v) is 12.5. The summed E-state index contributed by atoms with van der Waals surface area (Å²) < 4.78 is 0. The van der Waals surface area contributed by atoms with Gasteiger partial charge in [-0.15, -0.1) is 0 Å². The van der Waals surface area contributed by atoms with E-state index in [0.29, 0.717) is 9.87 Å². The van der Waals surface area contributed by atoms with Crippen LogP contribution in [0.15, 0.2) is 12.2 Å². The summed E-state index contributed by atoms with van der Waals surface area (Å²) in [6.07, 6.45) is 3.96. The van der Waals surface area contributed by atoms with Crippen LogP contribution in [-0.2, 0) is 0 Å². The summed E-state index contributed by atoms with van der Waals surface area (Å²) in [6.45, 7) is 13.9. The molecule has 0 N–H and O–H groups in total. The summed E-state index contributed by atoms with van der Waals surface area (Å²) in [5.74, 6) is 0. The molecule has 0 nitrogen and oxygen atoms in total. The molecule has 2 atom stereocenters. The topological polar surface area (TPSA) is 0 Å². The number of alkyl halides is 1. The minimum Gasteiger partial charge on any atom is -0.0996 e. The molecule has 2 unspecified atom stereocenters. The average Bonchev–Trinajstić information content (AvgIpc) is 2.57. The monoisotopic (exact) mass is 260 g/mol. The Hall–Kier alpha value is 0.437. The van der Waals surface area contributed by atoms with Gasteiger partial charge in [-0.25, -0.2) is 0 Å². The standard InChI is InChI=1S/C11H21BrSi/c1-9-8-11(9,13(3,4)5)7-6-10(2)12/h10H,1,6-8H2,2-5H3. The van der Waals surface area contributed by atoms with E-state index in [2.05, 4.69) is 49.1 Å². The van der Waals surface area contributed by atoms with E-state index in [1.165, 1.54) is 24.8 Å². The van der Waals surface area contributed by atoms with Crippen molar-refractivity contribution in [3.05, 3.63) is 12.2 Å². The van der Waals surface area contributed by atoms with Crippen molar-refractivity contribution in [3.63, 3.8) is 0 Å². The van der Waals surface area contributed by atoms with Crippen molar-refractivity contribution in [2.75, 3.05) is 0 Å². The number of allylic oxidation sites excluding steroid dienone is 1. The zero-order chi connectivity index (χ0) is 10.3. The van der Waals surface area contributed by atoms with Gasteiger partial charge in [0, 0.05) is 4.83 Å². The van der Waals surface area contributed by atoms with Crippen molar-refractivity contribution in [2.24, 2.45) is 0 Å². The van der Waals surface area contributed by atoms with Crippen LogP contribution < -0.4 is 0 Å². The molecular weight excluding hydrogens is 240 g/mol. The summed E-state index contributed by atoms with van der Waals surface area (Å²) >= 11 is 3.63. The maximum atomic E-state index is 4.18. The van der Waals surface area contributed by atoms with Gasteiger partial charge in [0.1, 0.15) is 0 Å². The van der Waals surface area contributed by atoms with Crippen LogP contribution in [0.4, 0.5) is 0 Å². The number of hydrogen-bond acceptors (Lipinski definition) is 0. The second kappa shape index (κ2) is 3.54. The van der Waals surface area contributed by atoms with Gasteiger partial charge in [-0.05, 0) is 24.3 Å². The van der Waals surface area contributed by atoms with E-state index >= 15 is 0 Å². The maximum Gasteiger partial charge on any atom is 0.0556 e. The Morgan fingerprint density at radius 1 is 1.54 bits per heavy atom. The van der Waals surface area contributed by atoms with Crippen molar-refractivity contribution in [3.8, 4) is 0 Å². The van der Waals surface area contributed by atoms with Gasteiger partial charge in [-0.3, -0.25) is 0 Å². The fourth-order valence-corrected chi connectivity index (χ4v) is 5.13. The molecule has 1 saturated carbocycles. The van der Waals surface area contributed by atoms with Crippen LogP contribution in [0.25, 0.3) is 0 Å². The van der Waals surface area contributed by atoms with Crippen LogP contribution in [0.1, 0.15) is 26.2 Å². The Labute approximate surface area is 91.9 Å². The Morgan fingerprint density at radius 2 is 2.00 bits per heavy atom. The zero-order valence-electron chi connectivity index (χ0n) is 9.28. The Kier molecular flexibility index (Phi) is 3.13. The van der Waals surface area contributed by atoms with Crippen molar-refractivity contribution in [1.29, 1.82) is 0 Å². The molecular formula is C11H21BrSi. The summed E-state index contributed by atoms with van der Waals surface area (Å²) in [6, 6.07) is 0. The first-order chi connectivity index (χ1) is 5.79. The SMILES string of the molecule is C=C1CC1(CCC(C)Br)[Si](C)(C)C. The van der Waals surface area contributed by atoms with Crippen LogP contribution in [-0.4, -0.2) is 12.9 Å². The van der Waals surface area contributed by atoms with Crippen molar-refractivity contribution < 1.29 is 0 Å². The van der Waals surface area contributed by atoms with E-state index in [4.69, 9.17) is 0 Å². The Bertz CT molecular complexity index is 215. The summed E-state index contributed by atoms with van der Waals surface area (Å²) in [4.78, 5) is 0.661. The second-order valence-electron chi connectivity index (χ2n) is 5.43. The number of rotatable bonds is 4. The van der Waals surface area contributed by atoms with E-state index in [1.54, 1.807) is 0 Å². The molecule has 1 aliphatic rings. The molecule has 0 aromatic carbocycles. The normalized spacial score (nSPS) is 30.4. The molecule has 0 spiro atoms. The fraction of sp³-hybridized carbons (Fsp3) is 0.818. The quantitative estimate of drug-likeness (QED) is 0.394. The lowest BCUT2D eigenvalue weighted by Crippen LogP contribution is -2.30. The summed E-state index contributed by atoms with van der Waals surface area (Å²) in [5.41, 5.74) is 1.53. The van der Waals surface area contributed by atoms with Gasteiger partial charge < -0.3 is 0 Å². The number of halogens is 1. The highest BCUT2D eigenvalue weighted by Crippen LogP contribution is 2.67. The first-order valence-electron chi connectivity index (χ1n) is 5.12. The van der Waals surface area contributed by atoms with Gasteiger partial charge in [0.25, 0.3) is 0 Å². The fourth-order valence-electron chi connectivity index (χ4n) is 2.20. The third kappa shape index (κ3) is 2.27. The third-order valence-electron chi connectivity index (χ3n) is 3.47. The van der Waals surface area contributed by atoms with Crippen molar-refractivity contribution in [1.82, 2.24) is 0 Å². The Balaban J connectivity index is 2.59. The van der Waals surface area contributed by atoms with E-state index in [1.807, 2.05) is 0 Å². The van der Waals surface area contributed by atoms with Gasteiger partial charge in [0.2, 0.25) is 0 Å². The molecule has 1 fully saturated rings. The zero-order valence-corrected chi connectivity index (χ0v) is 11.9. The smallest absolute Gasteiger partial charge is 0.0556 e.